The molecule has 1 aromatic carbocycles. The second kappa shape index (κ2) is 3.87. The van der Waals surface area contributed by atoms with Crippen molar-refractivity contribution in [2.75, 3.05) is 6.61 Å². The maximum Gasteiger partial charge on any atom is 0.246 e. The van der Waals surface area contributed by atoms with Crippen LogP contribution >= 0.6 is 0 Å². The molecule has 2 heteroatoms. The van der Waals surface area contributed by atoms with Crippen molar-refractivity contribution in [2.45, 2.75) is 18.9 Å². The number of hydrogen-bond donors (Lipinski definition) is 0. The summed E-state index contributed by atoms with van der Waals surface area (Å²) in [4.78, 5) is 0. The Hall–Kier alpha value is -0.603. The summed E-state index contributed by atoms with van der Waals surface area (Å²) < 4.78 is 5.77. The zero-order valence-corrected chi connectivity index (χ0v) is 8.12. The first-order valence-electron chi connectivity index (χ1n) is 4.51. The van der Waals surface area contributed by atoms with Crippen LogP contribution in [0, 0.1) is 0 Å². The third-order valence-electron chi connectivity index (χ3n) is 2.17. The van der Waals surface area contributed by atoms with Gasteiger partial charge in [-0.15, -0.1) is 0 Å². The number of rotatable bonds is 1. The van der Waals surface area contributed by atoms with Crippen LogP contribution in [0.15, 0.2) is 30.3 Å². The summed E-state index contributed by atoms with van der Waals surface area (Å²) in [6.07, 6.45) is 2.60. The van der Waals surface area contributed by atoms with Crippen LogP contribution in [0.4, 0.5) is 0 Å². The topological polar surface area (TPSA) is 9.23 Å². The molecule has 0 N–H and O–H groups in total. The van der Waals surface area contributed by atoms with Gasteiger partial charge in [0.2, 0.25) is 9.04 Å². The van der Waals surface area contributed by atoms with Gasteiger partial charge in [0, 0.05) is 6.61 Å². The van der Waals surface area contributed by atoms with E-state index in [9.17, 15) is 0 Å². The fourth-order valence-corrected chi connectivity index (χ4v) is 3.63. The summed E-state index contributed by atoms with van der Waals surface area (Å²) in [6.45, 7) is 0.975. The maximum absolute atomic E-state index is 5.77. The van der Waals surface area contributed by atoms with Gasteiger partial charge in [0.25, 0.3) is 0 Å². The van der Waals surface area contributed by atoms with Gasteiger partial charge < -0.3 is 4.43 Å². The molecule has 0 aliphatic carbocycles. The van der Waals surface area contributed by atoms with Crippen molar-refractivity contribution < 1.29 is 4.43 Å². The predicted molar refractivity (Wildman–Crippen MR) is 51.8 cm³/mol. The van der Waals surface area contributed by atoms with Gasteiger partial charge in [-0.3, -0.25) is 0 Å². The summed E-state index contributed by atoms with van der Waals surface area (Å²) in [6, 6.07) is 11.9. The average Bonchev–Trinajstić information content (AvgIpc) is 2.21. The predicted octanol–water partition coefficient (Wildman–Crippen LogP) is 1.70. The Morgan fingerprint density at radius 1 is 1.08 bits per heavy atom. The van der Waals surface area contributed by atoms with Gasteiger partial charge in [-0.05, 0) is 17.7 Å². The van der Waals surface area contributed by atoms with E-state index in [0.29, 0.717) is 0 Å². The Balaban J connectivity index is 2.08. The molecule has 0 atom stereocenters. The molecule has 0 unspecified atom stereocenters. The highest BCUT2D eigenvalue weighted by molar-refractivity contribution is 6.67. The van der Waals surface area contributed by atoms with Crippen LogP contribution in [0.1, 0.15) is 12.8 Å². The summed E-state index contributed by atoms with van der Waals surface area (Å²) in [5.74, 6) is 0. The van der Waals surface area contributed by atoms with E-state index in [2.05, 4.69) is 30.3 Å². The van der Waals surface area contributed by atoms with Gasteiger partial charge in [0.1, 0.15) is 0 Å². The standard InChI is InChI=1S/C10H13OSi/c1-2-6-10(7-3-1)12-9-5-4-8-11-12/h1-3,6-7H,4-5,8-9H2. The fraction of sp³-hybridized carbons (Fsp3) is 0.400. The first-order chi connectivity index (χ1) is 5.97. The van der Waals surface area contributed by atoms with Crippen molar-refractivity contribution in [1.29, 1.82) is 0 Å². The molecule has 0 aromatic heterocycles. The van der Waals surface area contributed by atoms with Crippen LogP contribution in [0.5, 0.6) is 0 Å². The van der Waals surface area contributed by atoms with E-state index in [-0.39, 0.29) is 0 Å². The monoisotopic (exact) mass is 177 g/mol. The van der Waals surface area contributed by atoms with Gasteiger partial charge in [-0.1, -0.05) is 36.8 Å². The Morgan fingerprint density at radius 2 is 1.92 bits per heavy atom. The van der Waals surface area contributed by atoms with Crippen molar-refractivity contribution in [3.05, 3.63) is 30.3 Å². The third kappa shape index (κ3) is 1.76. The molecule has 63 valence electrons. The lowest BCUT2D eigenvalue weighted by molar-refractivity contribution is 0.294. The molecule has 12 heavy (non-hydrogen) atoms. The maximum atomic E-state index is 5.77. The molecule has 1 aliphatic rings. The summed E-state index contributed by atoms with van der Waals surface area (Å²) >= 11 is 0. The minimum Gasteiger partial charge on any atom is -0.412 e. The Labute approximate surface area is 75.1 Å². The van der Waals surface area contributed by atoms with Gasteiger partial charge in [0.05, 0.1) is 0 Å². The largest absolute Gasteiger partial charge is 0.412 e. The summed E-state index contributed by atoms with van der Waals surface area (Å²) in [7, 11) is -0.626. The van der Waals surface area contributed by atoms with Crippen molar-refractivity contribution in [3.63, 3.8) is 0 Å². The SMILES string of the molecule is c1ccc([Si]2CCCCO2)cc1. The summed E-state index contributed by atoms with van der Waals surface area (Å²) in [5, 5.41) is 1.43. The highest BCUT2D eigenvalue weighted by atomic mass is 28.3. The van der Waals surface area contributed by atoms with Crippen molar-refractivity contribution in [2.24, 2.45) is 0 Å². The number of hydrogen-bond acceptors (Lipinski definition) is 1. The quantitative estimate of drug-likeness (QED) is 0.593. The van der Waals surface area contributed by atoms with E-state index in [4.69, 9.17) is 4.43 Å². The zero-order chi connectivity index (χ0) is 8.23. The lowest BCUT2D eigenvalue weighted by atomic mass is 10.3. The molecular weight excluding hydrogens is 164 g/mol. The Kier molecular flexibility index (Phi) is 2.59. The third-order valence-corrected chi connectivity index (χ3v) is 4.51. The van der Waals surface area contributed by atoms with Gasteiger partial charge in [-0.25, -0.2) is 0 Å². The molecule has 2 rings (SSSR count). The number of benzene rings is 1. The average molecular weight is 177 g/mol. The fourth-order valence-electron chi connectivity index (χ4n) is 1.51. The van der Waals surface area contributed by atoms with Crippen LogP contribution < -0.4 is 5.19 Å². The van der Waals surface area contributed by atoms with Crippen molar-refractivity contribution >= 4 is 14.2 Å². The Bertz CT molecular complexity index is 229. The second-order valence-electron chi connectivity index (χ2n) is 3.09. The lowest BCUT2D eigenvalue weighted by Gasteiger charge is -2.20. The molecule has 1 heterocycles. The molecule has 0 spiro atoms. The van der Waals surface area contributed by atoms with E-state index in [0.717, 1.165) is 6.61 Å². The molecule has 1 aliphatic heterocycles. The van der Waals surface area contributed by atoms with Crippen molar-refractivity contribution in [3.8, 4) is 0 Å². The highest BCUT2D eigenvalue weighted by Crippen LogP contribution is 2.10. The molecule has 1 nitrogen and oxygen atoms in total. The van der Waals surface area contributed by atoms with E-state index in [1.807, 2.05) is 0 Å². The van der Waals surface area contributed by atoms with Crippen LogP contribution in [0.2, 0.25) is 6.04 Å². The van der Waals surface area contributed by atoms with Crippen LogP contribution in [0.25, 0.3) is 0 Å². The molecule has 0 saturated carbocycles. The van der Waals surface area contributed by atoms with Crippen molar-refractivity contribution in [1.82, 2.24) is 0 Å². The van der Waals surface area contributed by atoms with E-state index < -0.39 is 9.04 Å². The normalized spacial score (nSPS) is 19.3. The second-order valence-corrected chi connectivity index (χ2v) is 5.31. The van der Waals surface area contributed by atoms with Crippen LogP contribution in [0.3, 0.4) is 0 Å². The molecule has 0 amide bonds. The minimum atomic E-state index is -0.626. The van der Waals surface area contributed by atoms with E-state index in [1.165, 1.54) is 24.1 Å². The molecule has 0 bridgehead atoms. The van der Waals surface area contributed by atoms with Gasteiger partial charge in [0.15, 0.2) is 0 Å². The van der Waals surface area contributed by atoms with E-state index in [1.54, 1.807) is 0 Å². The molecule has 1 aromatic rings. The molecule has 1 fully saturated rings. The Morgan fingerprint density at radius 3 is 2.58 bits per heavy atom. The van der Waals surface area contributed by atoms with Crippen LogP contribution in [-0.4, -0.2) is 15.6 Å². The first-order valence-corrected chi connectivity index (χ1v) is 6.12. The summed E-state index contributed by atoms with van der Waals surface area (Å²) in [5.41, 5.74) is 0. The van der Waals surface area contributed by atoms with E-state index >= 15 is 0 Å². The minimum absolute atomic E-state index is 0.626. The van der Waals surface area contributed by atoms with Gasteiger partial charge >= 0.3 is 0 Å². The lowest BCUT2D eigenvalue weighted by Crippen LogP contribution is -2.36. The van der Waals surface area contributed by atoms with Gasteiger partial charge in [-0.2, -0.15) is 0 Å². The molecule has 1 saturated heterocycles. The molecule has 1 radical (unpaired) electrons. The highest BCUT2D eigenvalue weighted by Gasteiger charge is 2.18. The molecular formula is C10H13OSi. The first kappa shape index (κ1) is 8.02. The smallest absolute Gasteiger partial charge is 0.246 e. The van der Waals surface area contributed by atoms with Crippen LogP contribution in [-0.2, 0) is 4.43 Å². The zero-order valence-electron chi connectivity index (χ0n) is 7.12.